The topological polar surface area (TPSA) is 63.7 Å². The molecule has 4 aromatic rings. The van der Waals surface area contributed by atoms with Gasteiger partial charge in [0.1, 0.15) is 11.8 Å². The van der Waals surface area contributed by atoms with Crippen LogP contribution in [0.25, 0.3) is 16.4 Å². The quantitative estimate of drug-likeness (QED) is 0.472. The summed E-state index contributed by atoms with van der Waals surface area (Å²) in [6.45, 7) is 0.289. The SMILES string of the molecule is N#CCOc1ccc2c(C(=O)OCCc3ccccc3)c3ccccc3n2c1. The van der Waals surface area contributed by atoms with E-state index in [1.54, 1.807) is 12.3 Å². The predicted molar refractivity (Wildman–Crippen MR) is 106 cm³/mol. The third kappa shape index (κ3) is 3.40. The summed E-state index contributed by atoms with van der Waals surface area (Å²) < 4.78 is 12.9. The molecule has 0 saturated heterocycles. The van der Waals surface area contributed by atoms with E-state index < -0.39 is 0 Å². The number of hydrogen-bond donors (Lipinski definition) is 0. The van der Waals surface area contributed by atoms with Crippen LogP contribution in [0.15, 0.2) is 72.9 Å². The lowest BCUT2D eigenvalue weighted by Gasteiger charge is -2.06. The summed E-state index contributed by atoms with van der Waals surface area (Å²) in [7, 11) is 0. The molecule has 5 nitrogen and oxygen atoms in total. The third-order valence-electron chi connectivity index (χ3n) is 4.58. The lowest BCUT2D eigenvalue weighted by atomic mass is 10.1. The molecule has 0 amide bonds. The van der Waals surface area contributed by atoms with E-state index in [0.29, 0.717) is 24.3 Å². The summed E-state index contributed by atoms with van der Waals surface area (Å²) in [5, 5.41) is 9.54. The van der Waals surface area contributed by atoms with Crippen molar-refractivity contribution in [3.63, 3.8) is 0 Å². The van der Waals surface area contributed by atoms with Gasteiger partial charge in [0.05, 0.1) is 29.4 Å². The lowest BCUT2D eigenvalue weighted by Crippen LogP contribution is -2.08. The minimum Gasteiger partial charge on any atom is -0.477 e. The average molecular weight is 370 g/mol. The van der Waals surface area contributed by atoms with E-state index in [1.807, 2.05) is 71.1 Å². The van der Waals surface area contributed by atoms with Crippen molar-refractivity contribution < 1.29 is 14.3 Å². The van der Waals surface area contributed by atoms with Gasteiger partial charge in [0.15, 0.2) is 6.61 Å². The van der Waals surface area contributed by atoms with Gasteiger partial charge >= 0.3 is 5.97 Å². The number of benzene rings is 2. The number of carbonyl (C=O) groups excluding carboxylic acids is 1. The number of aromatic nitrogens is 1. The second kappa shape index (κ2) is 7.85. The Morgan fingerprint density at radius 3 is 2.57 bits per heavy atom. The molecule has 2 heterocycles. The Morgan fingerprint density at radius 1 is 0.964 bits per heavy atom. The van der Waals surface area contributed by atoms with Crippen LogP contribution in [0.2, 0.25) is 0 Å². The first-order chi connectivity index (χ1) is 13.8. The molecule has 138 valence electrons. The van der Waals surface area contributed by atoms with Crippen molar-refractivity contribution in [3.8, 4) is 11.8 Å². The Hall–Kier alpha value is -3.78. The Morgan fingerprint density at radius 2 is 1.75 bits per heavy atom. The van der Waals surface area contributed by atoms with Crippen LogP contribution in [0.4, 0.5) is 0 Å². The fourth-order valence-corrected chi connectivity index (χ4v) is 3.31. The monoisotopic (exact) mass is 370 g/mol. The van der Waals surface area contributed by atoms with Crippen LogP contribution in [0, 0.1) is 11.3 Å². The van der Waals surface area contributed by atoms with Crippen molar-refractivity contribution >= 4 is 22.4 Å². The summed E-state index contributed by atoms with van der Waals surface area (Å²) in [6, 6.07) is 23.1. The van der Waals surface area contributed by atoms with E-state index in [9.17, 15) is 4.79 Å². The van der Waals surface area contributed by atoms with Crippen molar-refractivity contribution in [3.05, 3.63) is 84.1 Å². The van der Waals surface area contributed by atoms with E-state index in [1.165, 1.54) is 0 Å². The van der Waals surface area contributed by atoms with Gasteiger partial charge in [0.2, 0.25) is 0 Å². The van der Waals surface area contributed by atoms with Gasteiger partial charge in [0, 0.05) is 11.8 Å². The zero-order valence-electron chi connectivity index (χ0n) is 15.2. The van der Waals surface area contributed by atoms with Crippen molar-refractivity contribution in [1.82, 2.24) is 4.40 Å². The molecule has 2 aromatic heterocycles. The Bertz CT molecular complexity index is 1170. The fraction of sp³-hybridized carbons (Fsp3) is 0.130. The van der Waals surface area contributed by atoms with Crippen molar-refractivity contribution in [2.24, 2.45) is 0 Å². The van der Waals surface area contributed by atoms with Crippen LogP contribution in [0.1, 0.15) is 15.9 Å². The maximum Gasteiger partial charge on any atom is 0.340 e. The van der Waals surface area contributed by atoms with Gasteiger partial charge < -0.3 is 13.9 Å². The molecule has 0 radical (unpaired) electrons. The number of esters is 1. The third-order valence-corrected chi connectivity index (χ3v) is 4.58. The predicted octanol–water partition coefficient (Wildman–Crippen LogP) is 4.39. The van der Waals surface area contributed by atoms with Crippen LogP contribution in [-0.2, 0) is 11.2 Å². The Kier molecular flexibility index (Phi) is 4.94. The van der Waals surface area contributed by atoms with Crippen molar-refractivity contribution in [1.29, 1.82) is 5.26 Å². The first-order valence-corrected chi connectivity index (χ1v) is 9.01. The molecular formula is C23H18N2O3. The molecule has 0 atom stereocenters. The summed E-state index contributed by atoms with van der Waals surface area (Å²) in [5.41, 5.74) is 3.29. The Labute approximate surface area is 162 Å². The molecule has 4 rings (SSSR count). The molecule has 0 spiro atoms. The number of nitrogens with zero attached hydrogens (tertiary/aromatic N) is 2. The number of para-hydroxylation sites is 1. The van der Waals surface area contributed by atoms with Gasteiger partial charge in [0.25, 0.3) is 0 Å². The molecule has 0 bridgehead atoms. The molecule has 2 aromatic carbocycles. The van der Waals surface area contributed by atoms with E-state index in [0.717, 1.165) is 22.0 Å². The number of carbonyl (C=O) groups is 1. The molecule has 28 heavy (non-hydrogen) atoms. The first kappa shape index (κ1) is 17.6. The maximum absolute atomic E-state index is 12.9. The summed E-state index contributed by atoms with van der Waals surface area (Å²) >= 11 is 0. The van der Waals surface area contributed by atoms with Gasteiger partial charge in [-0.05, 0) is 23.8 Å². The highest BCUT2D eigenvalue weighted by Gasteiger charge is 2.19. The summed E-state index contributed by atoms with van der Waals surface area (Å²) in [4.78, 5) is 12.9. The highest BCUT2D eigenvalue weighted by Crippen LogP contribution is 2.29. The molecule has 0 aliphatic rings. The van der Waals surface area contributed by atoms with Gasteiger partial charge in [-0.1, -0.05) is 48.5 Å². The smallest absolute Gasteiger partial charge is 0.340 e. The van der Waals surface area contributed by atoms with Gasteiger partial charge in [-0.15, -0.1) is 0 Å². The molecule has 0 saturated carbocycles. The highest BCUT2D eigenvalue weighted by atomic mass is 16.5. The molecule has 5 heteroatoms. The lowest BCUT2D eigenvalue weighted by molar-refractivity contribution is 0.0514. The number of nitriles is 1. The largest absolute Gasteiger partial charge is 0.477 e. The Balaban J connectivity index is 1.65. The van der Waals surface area contributed by atoms with Crippen LogP contribution in [0.5, 0.6) is 5.75 Å². The van der Waals surface area contributed by atoms with Crippen LogP contribution < -0.4 is 4.74 Å². The molecular weight excluding hydrogens is 352 g/mol. The normalized spacial score (nSPS) is 10.7. The minimum atomic E-state index is -0.347. The number of hydrogen-bond acceptors (Lipinski definition) is 4. The van der Waals surface area contributed by atoms with Gasteiger partial charge in [-0.25, -0.2) is 4.79 Å². The van der Waals surface area contributed by atoms with E-state index in [-0.39, 0.29) is 12.6 Å². The number of fused-ring (bicyclic) bond motifs is 3. The summed E-state index contributed by atoms with van der Waals surface area (Å²) in [5.74, 6) is 0.221. The van der Waals surface area contributed by atoms with E-state index >= 15 is 0 Å². The minimum absolute atomic E-state index is 0.0287. The van der Waals surface area contributed by atoms with Crippen molar-refractivity contribution in [2.75, 3.05) is 13.2 Å². The average Bonchev–Trinajstić information content (AvgIpc) is 3.07. The number of pyridine rings is 1. The van der Waals surface area contributed by atoms with Crippen LogP contribution >= 0.6 is 0 Å². The van der Waals surface area contributed by atoms with Crippen molar-refractivity contribution in [2.45, 2.75) is 6.42 Å². The molecule has 0 aliphatic heterocycles. The second-order valence-corrected chi connectivity index (χ2v) is 6.33. The number of rotatable bonds is 6. The van der Waals surface area contributed by atoms with Crippen LogP contribution in [0.3, 0.4) is 0 Å². The van der Waals surface area contributed by atoms with Gasteiger partial charge in [-0.2, -0.15) is 5.26 Å². The number of ether oxygens (including phenoxy) is 2. The molecule has 0 N–H and O–H groups in total. The van der Waals surface area contributed by atoms with E-state index in [2.05, 4.69) is 0 Å². The van der Waals surface area contributed by atoms with Crippen LogP contribution in [-0.4, -0.2) is 23.6 Å². The summed E-state index contributed by atoms with van der Waals surface area (Å²) in [6.07, 6.45) is 2.46. The first-order valence-electron chi connectivity index (χ1n) is 9.01. The molecule has 0 fully saturated rings. The van der Waals surface area contributed by atoms with Gasteiger partial charge in [-0.3, -0.25) is 0 Å². The zero-order chi connectivity index (χ0) is 19.3. The standard InChI is InChI=1S/C23H18N2O3/c24-13-15-27-18-10-11-21-22(19-8-4-5-9-20(19)25(21)16-18)23(26)28-14-12-17-6-2-1-3-7-17/h1-11,16H,12,14-15H2. The highest BCUT2D eigenvalue weighted by molar-refractivity contribution is 6.11. The second-order valence-electron chi connectivity index (χ2n) is 6.33. The van der Waals surface area contributed by atoms with E-state index in [4.69, 9.17) is 14.7 Å². The molecule has 0 unspecified atom stereocenters. The zero-order valence-corrected chi connectivity index (χ0v) is 15.2. The fourth-order valence-electron chi connectivity index (χ4n) is 3.31. The molecule has 0 aliphatic carbocycles. The maximum atomic E-state index is 12.9.